The van der Waals surface area contributed by atoms with Crippen LogP contribution in [0.25, 0.3) is 5.57 Å². The summed E-state index contributed by atoms with van der Waals surface area (Å²) < 4.78 is 0. The van der Waals surface area contributed by atoms with E-state index in [2.05, 4.69) is 4.90 Å². The molecule has 1 aromatic carbocycles. The van der Waals surface area contributed by atoms with Crippen LogP contribution in [0.5, 0.6) is 0 Å². The Kier molecular flexibility index (Phi) is 5.90. The van der Waals surface area contributed by atoms with Crippen LogP contribution in [0.2, 0.25) is 0 Å². The second-order valence-electron chi connectivity index (χ2n) is 7.61. The largest absolute Gasteiger partial charge is 0.395 e. The number of benzene rings is 1. The number of hydrogen-bond donors (Lipinski definition) is 1. The van der Waals surface area contributed by atoms with Crippen LogP contribution in [0.1, 0.15) is 4.88 Å². The zero-order valence-electron chi connectivity index (χ0n) is 17.2. The summed E-state index contributed by atoms with van der Waals surface area (Å²) in [6.45, 7) is 3.54. The molecule has 4 rings (SSSR count). The summed E-state index contributed by atoms with van der Waals surface area (Å²) in [6, 6.07) is 11.3. The lowest BCUT2D eigenvalue weighted by Gasteiger charge is -2.36. The Morgan fingerprint density at radius 3 is 2.43 bits per heavy atom. The first-order valence-corrected chi connectivity index (χ1v) is 10.9. The van der Waals surface area contributed by atoms with Gasteiger partial charge in [0.1, 0.15) is 5.70 Å². The van der Waals surface area contributed by atoms with Gasteiger partial charge in [-0.2, -0.15) is 0 Å². The van der Waals surface area contributed by atoms with E-state index in [9.17, 15) is 14.7 Å². The Bertz CT molecular complexity index is 963. The third-order valence-corrected chi connectivity index (χ3v) is 6.42. The maximum atomic E-state index is 13.6. The SMILES string of the molecule is CN(C)c1cccc(N2C(=O)C(c3cccs3)=C(N3CCN(CCO)CC3)C2=O)c1. The van der Waals surface area contributed by atoms with Crippen LogP contribution in [0.3, 0.4) is 0 Å². The lowest BCUT2D eigenvalue weighted by atomic mass is 10.1. The van der Waals surface area contributed by atoms with Gasteiger partial charge in [0, 0.05) is 57.4 Å². The highest BCUT2D eigenvalue weighted by Crippen LogP contribution is 2.37. The molecule has 2 amide bonds. The molecule has 30 heavy (non-hydrogen) atoms. The number of carbonyl (C=O) groups excluding carboxylic acids is 2. The summed E-state index contributed by atoms with van der Waals surface area (Å²) in [4.78, 5) is 35.3. The summed E-state index contributed by atoms with van der Waals surface area (Å²) in [7, 11) is 3.86. The maximum Gasteiger partial charge on any atom is 0.282 e. The first-order valence-electron chi connectivity index (χ1n) is 10.0. The summed E-state index contributed by atoms with van der Waals surface area (Å²) >= 11 is 1.47. The van der Waals surface area contributed by atoms with E-state index >= 15 is 0 Å². The van der Waals surface area contributed by atoms with Crippen molar-refractivity contribution in [2.45, 2.75) is 0 Å². The van der Waals surface area contributed by atoms with Crippen molar-refractivity contribution < 1.29 is 14.7 Å². The highest BCUT2D eigenvalue weighted by atomic mass is 32.1. The molecule has 8 heteroatoms. The molecule has 2 aromatic rings. The van der Waals surface area contributed by atoms with E-state index in [1.54, 1.807) is 6.07 Å². The molecule has 0 aliphatic carbocycles. The van der Waals surface area contributed by atoms with Gasteiger partial charge in [0.05, 0.1) is 17.9 Å². The quantitative estimate of drug-likeness (QED) is 0.710. The molecule has 7 nitrogen and oxygen atoms in total. The molecule has 3 heterocycles. The summed E-state index contributed by atoms with van der Waals surface area (Å²) in [5, 5.41) is 11.1. The highest BCUT2D eigenvalue weighted by Gasteiger charge is 2.43. The third kappa shape index (κ3) is 3.74. The predicted molar refractivity (Wildman–Crippen MR) is 120 cm³/mol. The van der Waals surface area contributed by atoms with Crippen molar-refractivity contribution in [3.63, 3.8) is 0 Å². The fraction of sp³-hybridized carbons (Fsp3) is 0.364. The Morgan fingerprint density at radius 2 is 1.80 bits per heavy atom. The number of β-amino-alcohol motifs (C(OH)–C–C–N with tert-alkyl or cyclic N) is 1. The zero-order valence-corrected chi connectivity index (χ0v) is 18.1. The number of aliphatic hydroxyl groups is 1. The van der Waals surface area contributed by atoms with Gasteiger partial charge in [-0.15, -0.1) is 11.3 Å². The molecule has 158 valence electrons. The van der Waals surface area contributed by atoms with Gasteiger partial charge >= 0.3 is 0 Å². The van der Waals surface area contributed by atoms with E-state index in [4.69, 9.17) is 0 Å². The van der Waals surface area contributed by atoms with E-state index in [1.165, 1.54) is 16.2 Å². The lowest BCUT2D eigenvalue weighted by Crippen LogP contribution is -2.48. The summed E-state index contributed by atoms with van der Waals surface area (Å²) in [5.74, 6) is -0.541. The van der Waals surface area contributed by atoms with Gasteiger partial charge in [0.15, 0.2) is 0 Å². The van der Waals surface area contributed by atoms with Gasteiger partial charge in [-0.3, -0.25) is 14.5 Å². The van der Waals surface area contributed by atoms with Gasteiger partial charge in [-0.1, -0.05) is 12.1 Å². The maximum absolute atomic E-state index is 13.6. The van der Waals surface area contributed by atoms with Gasteiger partial charge in [0.2, 0.25) is 0 Å². The standard InChI is InChI=1S/C22H26N4O3S/c1-23(2)16-5-3-6-17(15-16)26-21(28)19(18-7-4-14-30-18)20(22(26)29)25-10-8-24(9-11-25)12-13-27/h3-7,14-15,27H,8-13H2,1-2H3. The predicted octanol–water partition coefficient (Wildman–Crippen LogP) is 1.71. The van der Waals surface area contributed by atoms with Crippen molar-refractivity contribution in [2.75, 3.05) is 63.2 Å². The van der Waals surface area contributed by atoms with E-state index in [0.717, 1.165) is 23.7 Å². The highest BCUT2D eigenvalue weighted by molar-refractivity contribution is 7.11. The molecule has 1 saturated heterocycles. The van der Waals surface area contributed by atoms with Crippen molar-refractivity contribution >= 4 is 40.1 Å². The molecule has 2 aliphatic rings. The first kappa shape index (κ1) is 20.6. The van der Waals surface area contributed by atoms with Crippen molar-refractivity contribution in [3.8, 4) is 0 Å². The topological polar surface area (TPSA) is 67.3 Å². The molecule has 0 unspecified atom stereocenters. The van der Waals surface area contributed by atoms with Crippen LogP contribution in [-0.4, -0.2) is 80.1 Å². The summed E-state index contributed by atoms with van der Waals surface area (Å²) in [6.07, 6.45) is 0. The average molecular weight is 427 g/mol. The Morgan fingerprint density at radius 1 is 1.03 bits per heavy atom. The van der Waals surface area contributed by atoms with Gasteiger partial charge < -0.3 is 14.9 Å². The molecule has 0 saturated carbocycles. The van der Waals surface area contributed by atoms with Crippen molar-refractivity contribution in [2.24, 2.45) is 0 Å². The zero-order chi connectivity index (χ0) is 21.3. The van der Waals surface area contributed by atoms with Gasteiger partial charge in [-0.25, -0.2) is 4.90 Å². The minimum absolute atomic E-state index is 0.122. The molecular formula is C22H26N4O3S. The Balaban J connectivity index is 1.70. The van der Waals surface area contributed by atoms with E-state index < -0.39 is 0 Å². The minimum Gasteiger partial charge on any atom is -0.395 e. The van der Waals surface area contributed by atoms with E-state index in [0.29, 0.717) is 36.6 Å². The van der Waals surface area contributed by atoms with Crippen LogP contribution in [0.4, 0.5) is 11.4 Å². The number of carbonyl (C=O) groups is 2. The van der Waals surface area contributed by atoms with Crippen LogP contribution in [-0.2, 0) is 9.59 Å². The number of imide groups is 1. The Hall–Kier alpha value is -2.68. The van der Waals surface area contributed by atoms with Crippen LogP contribution < -0.4 is 9.80 Å². The molecule has 0 radical (unpaired) electrons. The molecule has 0 atom stereocenters. The number of thiophene rings is 1. The smallest absolute Gasteiger partial charge is 0.282 e. The van der Waals surface area contributed by atoms with E-state index in [1.807, 2.05) is 59.6 Å². The fourth-order valence-electron chi connectivity index (χ4n) is 3.94. The number of nitrogens with zero attached hydrogens (tertiary/aromatic N) is 4. The number of rotatable bonds is 6. The molecule has 1 fully saturated rings. The van der Waals surface area contributed by atoms with Crippen molar-refractivity contribution in [1.82, 2.24) is 9.80 Å². The Labute approximate surface area is 180 Å². The molecule has 2 aliphatic heterocycles. The molecule has 1 aromatic heterocycles. The minimum atomic E-state index is -0.272. The van der Waals surface area contributed by atoms with Crippen molar-refractivity contribution in [1.29, 1.82) is 0 Å². The van der Waals surface area contributed by atoms with Crippen LogP contribution >= 0.6 is 11.3 Å². The third-order valence-electron chi connectivity index (χ3n) is 5.54. The lowest BCUT2D eigenvalue weighted by molar-refractivity contribution is -0.120. The second kappa shape index (κ2) is 8.59. The molecule has 0 bridgehead atoms. The monoisotopic (exact) mass is 426 g/mol. The number of amides is 2. The van der Waals surface area contributed by atoms with Gasteiger partial charge in [0.25, 0.3) is 11.8 Å². The fourth-order valence-corrected chi connectivity index (χ4v) is 4.70. The number of anilines is 2. The first-order chi connectivity index (χ1) is 14.5. The number of piperazine rings is 1. The van der Waals surface area contributed by atoms with Crippen LogP contribution in [0.15, 0.2) is 47.5 Å². The second-order valence-corrected chi connectivity index (χ2v) is 8.56. The normalized spacial score (nSPS) is 18.0. The summed E-state index contributed by atoms with van der Waals surface area (Å²) in [5.41, 5.74) is 2.48. The number of aliphatic hydroxyl groups excluding tert-OH is 1. The van der Waals surface area contributed by atoms with E-state index in [-0.39, 0.29) is 18.4 Å². The number of hydrogen-bond acceptors (Lipinski definition) is 7. The average Bonchev–Trinajstić information content (AvgIpc) is 3.35. The van der Waals surface area contributed by atoms with Crippen LogP contribution in [0, 0.1) is 0 Å². The molecule has 0 spiro atoms. The molecule has 1 N–H and O–H groups in total. The van der Waals surface area contributed by atoms with Crippen molar-refractivity contribution in [3.05, 3.63) is 52.4 Å². The molecular weight excluding hydrogens is 400 g/mol. The van der Waals surface area contributed by atoms with Gasteiger partial charge in [-0.05, 0) is 29.6 Å².